The Morgan fingerprint density at radius 2 is 1.72 bits per heavy atom. The van der Waals surface area contributed by atoms with Gasteiger partial charge in [-0.05, 0) is 36.5 Å². The van der Waals surface area contributed by atoms with Gasteiger partial charge >= 0.3 is 0 Å². The molecule has 1 heterocycles. The van der Waals surface area contributed by atoms with Gasteiger partial charge in [0.2, 0.25) is 11.8 Å². The summed E-state index contributed by atoms with van der Waals surface area (Å²) in [6.45, 7) is 2.98. The molecule has 1 fully saturated rings. The number of nitrogens with zero attached hydrogens (tertiary/aromatic N) is 2. The molecule has 0 unspecified atom stereocenters. The summed E-state index contributed by atoms with van der Waals surface area (Å²) in [5, 5.41) is 0. The quantitative estimate of drug-likeness (QED) is 0.736. The summed E-state index contributed by atoms with van der Waals surface area (Å²) in [4.78, 5) is 29.1. The van der Waals surface area contributed by atoms with Crippen molar-refractivity contribution in [3.63, 3.8) is 0 Å². The van der Waals surface area contributed by atoms with Gasteiger partial charge in [0.1, 0.15) is 5.82 Å². The van der Waals surface area contributed by atoms with Crippen molar-refractivity contribution in [3.05, 3.63) is 59.9 Å². The first-order valence-electron chi connectivity index (χ1n) is 10.2. The van der Waals surface area contributed by atoms with Gasteiger partial charge in [0.15, 0.2) is 0 Å². The fourth-order valence-corrected chi connectivity index (χ4v) is 4.31. The Bertz CT molecular complexity index is 896. The van der Waals surface area contributed by atoms with E-state index in [0.717, 1.165) is 17.5 Å². The van der Waals surface area contributed by atoms with Crippen LogP contribution < -0.4 is 0 Å². The molecule has 2 aromatic carbocycles. The molecule has 0 N–H and O–H groups in total. The third-order valence-corrected chi connectivity index (χ3v) is 5.74. The molecule has 0 aromatic heterocycles. The van der Waals surface area contributed by atoms with Crippen molar-refractivity contribution in [2.75, 3.05) is 27.2 Å². The minimum absolute atomic E-state index is 0.0210. The molecule has 0 saturated carbocycles. The normalized spacial score (nSPS) is 18.7. The fourth-order valence-electron chi connectivity index (χ4n) is 4.31. The molecular weight excluding hydrogens is 367 g/mol. The average molecular weight is 397 g/mol. The lowest BCUT2D eigenvalue weighted by atomic mass is 9.77. The predicted molar refractivity (Wildman–Crippen MR) is 113 cm³/mol. The molecule has 1 saturated heterocycles. The number of benzene rings is 2. The smallest absolute Gasteiger partial charge is 0.230 e. The van der Waals surface area contributed by atoms with Crippen LogP contribution in [0.4, 0.5) is 4.39 Å². The minimum Gasteiger partial charge on any atom is -0.348 e. The number of likely N-dealkylation sites (tertiary alicyclic amines) is 1. The zero-order chi connectivity index (χ0) is 21.0. The molecule has 4 nitrogen and oxygen atoms in total. The van der Waals surface area contributed by atoms with Crippen molar-refractivity contribution in [3.8, 4) is 11.1 Å². The zero-order valence-corrected chi connectivity index (χ0v) is 17.5. The van der Waals surface area contributed by atoms with E-state index in [9.17, 15) is 14.0 Å². The maximum Gasteiger partial charge on any atom is 0.230 e. The molecule has 0 bridgehead atoms. The Morgan fingerprint density at radius 1 is 1.07 bits per heavy atom. The van der Waals surface area contributed by atoms with Gasteiger partial charge in [0.25, 0.3) is 0 Å². The van der Waals surface area contributed by atoms with Crippen LogP contribution >= 0.6 is 0 Å². The van der Waals surface area contributed by atoms with Gasteiger partial charge in [-0.15, -0.1) is 0 Å². The third-order valence-electron chi connectivity index (χ3n) is 5.74. The lowest BCUT2D eigenvalue weighted by Crippen LogP contribution is -2.44. The second-order valence-electron chi connectivity index (χ2n) is 8.11. The van der Waals surface area contributed by atoms with Gasteiger partial charge in [-0.3, -0.25) is 9.59 Å². The van der Waals surface area contributed by atoms with Crippen LogP contribution in [0.5, 0.6) is 0 Å². The summed E-state index contributed by atoms with van der Waals surface area (Å²) in [5.41, 5.74) is 1.58. The summed E-state index contributed by atoms with van der Waals surface area (Å²) >= 11 is 0. The van der Waals surface area contributed by atoms with Crippen LogP contribution in [0.2, 0.25) is 0 Å². The van der Waals surface area contributed by atoms with Crippen molar-refractivity contribution < 1.29 is 14.0 Å². The van der Waals surface area contributed by atoms with Crippen molar-refractivity contribution >= 4 is 11.8 Å². The number of halogens is 1. The van der Waals surface area contributed by atoms with Gasteiger partial charge in [0, 0.05) is 39.2 Å². The summed E-state index contributed by atoms with van der Waals surface area (Å²) in [6.07, 6.45) is 2.38. The highest BCUT2D eigenvalue weighted by molar-refractivity contribution is 5.86. The first-order valence-corrected chi connectivity index (χ1v) is 10.2. The number of amides is 2. The van der Waals surface area contributed by atoms with Crippen LogP contribution in [-0.2, 0) is 16.0 Å². The average Bonchev–Trinajstić information content (AvgIpc) is 3.14. The van der Waals surface area contributed by atoms with Crippen LogP contribution in [0.3, 0.4) is 0 Å². The van der Waals surface area contributed by atoms with E-state index in [1.165, 1.54) is 6.07 Å². The second kappa shape index (κ2) is 8.76. The number of carbonyl (C=O) groups is 2. The molecule has 5 heteroatoms. The molecule has 3 rings (SSSR count). The maximum absolute atomic E-state index is 14.5. The van der Waals surface area contributed by atoms with E-state index >= 15 is 0 Å². The van der Waals surface area contributed by atoms with E-state index in [2.05, 4.69) is 0 Å². The van der Waals surface area contributed by atoms with Crippen LogP contribution in [-0.4, -0.2) is 48.8 Å². The second-order valence-corrected chi connectivity index (χ2v) is 8.11. The van der Waals surface area contributed by atoms with E-state index < -0.39 is 5.41 Å². The lowest BCUT2D eigenvalue weighted by molar-refractivity contribution is -0.139. The standard InChI is InChI=1S/C24H29FN2O2/c1-4-9-22(28)27-15-14-24(17-27,23(29)26(2)3)16-18-10-5-6-11-19(18)20-12-7-8-13-21(20)25/h5-8,10-13H,4,9,14-17H2,1-3H3/t24-/m1/s1. The highest BCUT2D eigenvalue weighted by Crippen LogP contribution is 2.39. The highest BCUT2D eigenvalue weighted by atomic mass is 19.1. The van der Waals surface area contributed by atoms with E-state index in [0.29, 0.717) is 37.9 Å². The van der Waals surface area contributed by atoms with E-state index in [1.54, 1.807) is 31.1 Å². The van der Waals surface area contributed by atoms with Crippen molar-refractivity contribution in [1.29, 1.82) is 0 Å². The molecule has 0 radical (unpaired) electrons. The van der Waals surface area contributed by atoms with Crippen molar-refractivity contribution in [2.45, 2.75) is 32.6 Å². The molecule has 29 heavy (non-hydrogen) atoms. The Balaban J connectivity index is 1.98. The monoisotopic (exact) mass is 396 g/mol. The molecule has 1 aliphatic heterocycles. The van der Waals surface area contributed by atoms with Crippen LogP contribution in [0, 0.1) is 11.2 Å². The molecule has 2 aromatic rings. The van der Waals surface area contributed by atoms with E-state index in [1.807, 2.05) is 42.2 Å². The van der Waals surface area contributed by atoms with Crippen LogP contribution in [0.1, 0.15) is 31.7 Å². The maximum atomic E-state index is 14.5. The molecule has 1 atom stereocenters. The molecular formula is C24H29FN2O2. The number of hydrogen-bond donors (Lipinski definition) is 0. The Morgan fingerprint density at radius 3 is 2.38 bits per heavy atom. The van der Waals surface area contributed by atoms with Crippen LogP contribution in [0.25, 0.3) is 11.1 Å². The molecule has 1 aliphatic rings. The summed E-state index contributed by atoms with van der Waals surface area (Å²) < 4.78 is 14.5. The van der Waals surface area contributed by atoms with Gasteiger partial charge in [-0.25, -0.2) is 4.39 Å². The van der Waals surface area contributed by atoms with E-state index in [4.69, 9.17) is 0 Å². The van der Waals surface area contributed by atoms with Gasteiger partial charge in [-0.1, -0.05) is 49.4 Å². The minimum atomic E-state index is -0.686. The molecule has 2 amide bonds. The Hall–Kier alpha value is -2.69. The SMILES string of the molecule is CCCC(=O)N1CC[C@](Cc2ccccc2-c2ccccc2F)(C(=O)N(C)C)C1. The highest BCUT2D eigenvalue weighted by Gasteiger charge is 2.46. The lowest BCUT2D eigenvalue weighted by Gasteiger charge is -2.32. The first-order chi connectivity index (χ1) is 13.9. The summed E-state index contributed by atoms with van der Waals surface area (Å²) in [6, 6.07) is 14.4. The number of carbonyl (C=O) groups excluding carboxylic acids is 2. The van der Waals surface area contributed by atoms with Crippen LogP contribution in [0.15, 0.2) is 48.5 Å². The first kappa shape index (κ1) is 21.0. The molecule has 0 spiro atoms. The molecule has 154 valence electrons. The van der Waals surface area contributed by atoms with Gasteiger partial charge in [0.05, 0.1) is 5.41 Å². The van der Waals surface area contributed by atoms with E-state index in [-0.39, 0.29) is 17.6 Å². The topological polar surface area (TPSA) is 40.6 Å². The van der Waals surface area contributed by atoms with Gasteiger partial charge < -0.3 is 9.80 Å². The largest absolute Gasteiger partial charge is 0.348 e. The summed E-state index contributed by atoms with van der Waals surface area (Å²) in [7, 11) is 3.51. The Kier molecular flexibility index (Phi) is 6.36. The third kappa shape index (κ3) is 4.34. The predicted octanol–water partition coefficient (Wildman–Crippen LogP) is 4.14. The van der Waals surface area contributed by atoms with Gasteiger partial charge in [-0.2, -0.15) is 0 Å². The van der Waals surface area contributed by atoms with Crippen molar-refractivity contribution in [1.82, 2.24) is 9.80 Å². The summed E-state index contributed by atoms with van der Waals surface area (Å²) in [5.74, 6) is -0.157. The number of hydrogen-bond acceptors (Lipinski definition) is 2. The fraction of sp³-hybridized carbons (Fsp3) is 0.417. The zero-order valence-electron chi connectivity index (χ0n) is 17.5. The Labute approximate surface area is 172 Å². The van der Waals surface area contributed by atoms with Crippen molar-refractivity contribution in [2.24, 2.45) is 5.41 Å². The molecule has 0 aliphatic carbocycles. The number of rotatable bonds is 6.